The van der Waals surface area contributed by atoms with Gasteiger partial charge in [0.1, 0.15) is 11.5 Å². The monoisotopic (exact) mass is 545 g/mol. The van der Waals surface area contributed by atoms with Crippen LogP contribution in [-0.2, 0) is 29.7 Å². The van der Waals surface area contributed by atoms with E-state index in [1.807, 2.05) is 33.7 Å². The van der Waals surface area contributed by atoms with E-state index in [0.717, 1.165) is 13.0 Å². The third-order valence-corrected chi connectivity index (χ3v) is 7.42. The number of nitrogens with zero attached hydrogens (tertiary/aromatic N) is 7. The Morgan fingerprint density at radius 2 is 1.71 bits per heavy atom. The second-order valence-corrected chi connectivity index (χ2v) is 9.93. The van der Waals surface area contributed by atoms with Crippen LogP contribution < -0.4 is 4.90 Å². The lowest BCUT2D eigenvalue weighted by atomic mass is 9.98. The van der Waals surface area contributed by atoms with Gasteiger partial charge < -0.3 is 9.13 Å². The zero-order valence-corrected chi connectivity index (χ0v) is 22.1. The van der Waals surface area contributed by atoms with Crippen LogP contribution in [0.25, 0.3) is 33.1 Å². The summed E-state index contributed by atoms with van der Waals surface area (Å²) in [5.74, 6) is -1.31. The van der Waals surface area contributed by atoms with Gasteiger partial charge in [0.25, 0.3) is 11.8 Å². The number of benzene rings is 2. The Morgan fingerprint density at radius 1 is 0.878 bits per heavy atom. The maximum atomic E-state index is 14.5. The van der Waals surface area contributed by atoms with Crippen LogP contribution in [0.4, 0.5) is 10.1 Å². The molecule has 0 radical (unpaired) electrons. The molecule has 0 saturated carbocycles. The fourth-order valence-electron chi connectivity index (χ4n) is 5.58. The average molecular weight is 546 g/mol. The van der Waals surface area contributed by atoms with Gasteiger partial charge in [0.15, 0.2) is 5.65 Å². The molecule has 2 aromatic carbocycles. The van der Waals surface area contributed by atoms with Gasteiger partial charge in [0.05, 0.1) is 28.7 Å². The summed E-state index contributed by atoms with van der Waals surface area (Å²) >= 11 is 0. The first kappa shape index (κ1) is 24.6. The summed E-state index contributed by atoms with van der Waals surface area (Å²) < 4.78 is 20.0. The molecule has 41 heavy (non-hydrogen) atoms. The van der Waals surface area contributed by atoms with Crippen molar-refractivity contribution in [3.8, 4) is 0 Å². The molecule has 0 fully saturated rings. The minimum atomic E-state index is -0.469. The summed E-state index contributed by atoms with van der Waals surface area (Å²) in [4.78, 5) is 38.1. The standard InChI is InChI=1S/C31H24FN7O2/c1-36-29-23(9-5-12-34-29)28(35-36)27-26(30(40)39(31(27)41)21-7-3-2-4-8-21)24-18-38(15-6-14-37-16-13-33-19-37)25-17-20(32)10-11-22(24)25/h2-5,7-13,16-19H,6,14-15H2,1H3. The SMILES string of the molecule is Cn1nc(C2=C(c3cn(CCCn4ccnc4)c4cc(F)ccc34)C(=O)N(c3ccccc3)C2=O)c2cccnc21. The molecule has 6 aromatic rings. The predicted octanol–water partition coefficient (Wildman–Crippen LogP) is 4.83. The second-order valence-electron chi connectivity index (χ2n) is 9.93. The number of amides is 2. The number of carbonyl (C=O) groups excluding carboxylic acids is 2. The van der Waals surface area contributed by atoms with Crippen molar-refractivity contribution in [3.05, 3.63) is 109 Å². The number of aromatic nitrogens is 6. The van der Waals surface area contributed by atoms with E-state index in [-0.39, 0.29) is 17.0 Å². The van der Waals surface area contributed by atoms with Crippen molar-refractivity contribution in [1.82, 2.24) is 28.9 Å². The van der Waals surface area contributed by atoms with E-state index in [9.17, 15) is 14.0 Å². The van der Waals surface area contributed by atoms with Crippen LogP contribution in [0.5, 0.6) is 0 Å². The van der Waals surface area contributed by atoms with Crippen LogP contribution in [0.1, 0.15) is 17.7 Å². The molecule has 4 aromatic heterocycles. The number of imidazole rings is 1. The van der Waals surface area contributed by atoms with Crippen LogP contribution in [0.15, 0.2) is 91.8 Å². The highest BCUT2D eigenvalue weighted by atomic mass is 19.1. The zero-order chi connectivity index (χ0) is 28.1. The number of carbonyl (C=O) groups is 2. The van der Waals surface area contributed by atoms with Gasteiger partial charge in [-0.2, -0.15) is 5.10 Å². The summed E-state index contributed by atoms with van der Waals surface area (Å²) in [7, 11) is 1.75. The van der Waals surface area contributed by atoms with Crippen LogP contribution in [0, 0.1) is 5.82 Å². The molecule has 0 bridgehead atoms. The van der Waals surface area contributed by atoms with Gasteiger partial charge >= 0.3 is 0 Å². The van der Waals surface area contributed by atoms with Crippen LogP contribution in [0.3, 0.4) is 0 Å². The van der Waals surface area contributed by atoms with Crippen molar-refractivity contribution in [3.63, 3.8) is 0 Å². The molecule has 0 saturated heterocycles. The van der Waals surface area contributed by atoms with E-state index in [1.54, 1.807) is 66.8 Å². The normalized spacial score (nSPS) is 13.9. The van der Waals surface area contributed by atoms with Gasteiger partial charge in [-0.1, -0.05) is 18.2 Å². The molecule has 10 heteroatoms. The number of imide groups is 1. The number of pyridine rings is 1. The maximum absolute atomic E-state index is 14.5. The molecule has 0 atom stereocenters. The summed E-state index contributed by atoms with van der Waals surface area (Å²) in [5, 5.41) is 6.00. The number of para-hydroxylation sites is 1. The Kier molecular flexibility index (Phi) is 5.81. The molecule has 0 N–H and O–H groups in total. The summed E-state index contributed by atoms with van der Waals surface area (Å²) in [5.41, 5.74) is 3.05. The topological polar surface area (TPSA) is 90.8 Å². The lowest BCUT2D eigenvalue weighted by molar-refractivity contribution is -0.119. The molecule has 0 spiro atoms. The van der Waals surface area contributed by atoms with E-state index in [2.05, 4.69) is 15.1 Å². The molecule has 7 rings (SSSR count). The number of hydrogen-bond donors (Lipinski definition) is 0. The fraction of sp³-hybridized carbons (Fsp3) is 0.129. The van der Waals surface area contributed by atoms with Gasteiger partial charge in [0.2, 0.25) is 0 Å². The quantitative estimate of drug-likeness (QED) is 0.268. The Labute approximate surface area is 233 Å². The highest BCUT2D eigenvalue weighted by molar-refractivity contribution is 6.58. The summed E-state index contributed by atoms with van der Waals surface area (Å²) in [6, 6.07) is 17.0. The smallest absolute Gasteiger partial charge is 0.268 e. The van der Waals surface area contributed by atoms with Gasteiger partial charge in [0, 0.05) is 61.3 Å². The van der Waals surface area contributed by atoms with Crippen molar-refractivity contribution >= 4 is 50.6 Å². The van der Waals surface area contributed by atoms with Gasteiger partial charge in [-0.05, 0) is 48.9 Å². The molecular weight excluding hydrogens is 521 g/mol. The molecule has 2 amide bonds. The van der Waals surface area contributed by atoms with E-state index >= 15 is 0 Å². The first-order valence-corrected chi connectivity index (χ1v) is 13.2. The minimum Gasteiger partial charge on any atom is -0.347 e. The zero-order valence-electron chi connectivity index (χ0n) is 22.1. The Balaban J connectivity index is 1.43. The third kappa shape index (κ3) is 4.03. The van der Waals surface area contributed by atoms with Crippen LogP contribution in [-0.4, -0.2) is 40.7 Å². The maximum Gasteiger partial charge on any atom is 0.268 e. The van der Waals surface area contributed by atoms with E-state index < -0.39 is 11.8 Å². The highest BCUT2D eigenvalue weighted by Gasteiger charge is 2.43. The number of halogens is 1. The fourth-order valence-corrected chi connectivity index (χ4v) is 5.58. The van der Waals surface area contributed by atoms with Gasteiger partial charge in [-0.3, -0.25) is 9.59 Å². The minimum absolute atomic E-state index is 0.194. The van der Waals surface area contributed by atoms with Crippen molar-refractivity contribution in [2.75, 3.05) is 4.90 Å². The van der Waals surface area contributed by atoms with Crippen molar-refractivity contribution in [2.24, 2.45) is 7.05 Å². The molecule has 9 nitrogen and oxygen atoms in total. The largest absolute Gasteiger partial charge is 0.347 e. The number of fused-ring (bicyclic) bond motifs is 2. The summed E-state index contributed by atoms with van der Waals surface area (Å²) in [6.07, 6.45) is 9.63. The molecule has 0 aliphatic carbocycles. The van der Waals surface area contributed by atoms with Gasteiger partial charge in [-0.15, -0.1) is 0 Å². The molecular formula is C31H24FN7O2. The van der Waals surface area contributed by atoms with Gasteiger partial charge in [-0.25, -0.2) is 23.9 Å². The molecule has 202 valence electrons. The Morgan fingerprint density at radius 3 is 2.51 bits per heavy atom. The first-order chi connectivity index (χ1) is 20.0. The lowest BCUT2D eigenvalue weighted by Crippen LogP contribution is -2.31. The molecule has 1 aliphatic heterocycles. The predicted molar refractivity (Wildman–Crippen MR) is 153 cm³/mol. The first-order valence-electron chi connectivity index (χ1n) is 13.2. The number of anilines is 1. The van der Waals surface area contributed by atoms with Crippen molar-refractivity contribution in [2.45, 2.75) is 19.5 Å². The van der Waals surface area contributed by atoms with Crippen LogP contribution >= 0.6 is 0 Å². The van der Waals surface area contributed by atoms with E-state index in [1.165, 1.54) is 17.0 Å². The Hall–Kier alpha value is -5.38. The third-order valence-electron chi connectivity index (χ3n) is 7.42. The average Bonchev–Trinajstić information content (AvgIpc) is 3.75. The molecule has 5 heterocycles. The molecule has 1 aliphatic rings. The van der Waals surface area contributed by atoms with Crippen LogP contribution in [0.2, 0.25) is 0 Å². The lowest BCUT2D eigenvalue weighted by Gasteiger charge is -2.14. The Bertz CT molecular complexity index is 1990. The second kappa shape index (κ2) is 9.67. The summed E-state index contributed by atoms with van der Waals surface area (Å²) in [6.45, 7) is 1.30. The number of rotatable bonds is 7. The molecule has 0 unspecified atom stereocenters. The van der Waals surface area contributed by atoms with E-state index in [4.69, 9.17) is 0 Å². The highest BCUT2D eigenvalue weighted by Crippen LogP contribution is 2.42. The number of hydrogen-bond acceptors (Lipinski definition) is 5. The van der Waals surface area contributed by atoms with E-state index in [0.29, 0.717) is 45.4 Å². The number of aryl methyl sites for hydroxylation is 3. The van der Waals surface area contributed by atoms with Crippen molar-refractivity contribution in [1.29, 1.82) is 0 Å². The van der Waals surface area contributed by atoms with Crippen molar-refractivity contribution < 1.29 is 14.0 Å².